The number of nitrogens with zero attached hydrogens (tertiary/aromatic N) is 4. The standard InChI is InChI=1S/C19H25N5OS/c1-11(2)14-7-6-8-15(12(3)4)18(14)20-16(25)9-10-17-23-24-13(5)21-22-19(24)26-17/h6-8,11-12H,9-10H2,1-5H3,(H,20,25). The number of benzene rings is 1. The van der Waals surface area contributed by atoms with Gasteiger partial charge in [0.05, 0.1) is 0 Å². The van der Waals surface area contributed by atoms with Crippen molar-refractivity contribution in [2.45, 2.75) is 59.3 Å². The molecule has 1 N–H and O–H groups in total. The van der Waals surface area contributed by atoms with Gasteiger partial charge in [0.2, 0.25) is 10.9 Å². The van der Waals surface area contributed by atoms with Crippen molar-refractivity contribution in [1.29, 1.82) is 0 Å². The van der Waals surface area contributed by atoms with Gasteiger partial charge in [-0.05, 0) is 29.9 Å². The number of rotatable bonds is 6. The summed E-state index contributed by atoms with van der Waals surface area (Å²) in [5, 5.41) is 16.6. The SMILES string of the molecule is Cc1nnc2sc(CCC(=O)Nc3c(C(C)C)cccc3C(C)C)nn12. The molecule has 1 amide bonds. The molecule has 0 atom stereocenters. The summed E-state index contributed by atoms with van der Waals surface area (Å²) >= 11 is 1.48. The van der Waals surface area contributed by atoms with E-state index in [4.69, 9.17) is 0 Å². The molecule has 1 aromatic carbocycles. The molecule has 26 heavy (non-hydrogen) atoms. The first-order chi connectivity index (χ1) is 12.4. The fourth-order valence-electron chi connectivity index (χ4n) is 2.97. The third kappa shape index (κ3) is 3.77. The number of nitrogens with one attached hydrogen (secondary N) is 1. The Morgan fingerprint density at radius 2 is 1.81 bits per heavy atom. The van der Waals surface area contributed by atoms with Gasteiger partial charge >= 0.3 is 0 Å². The van der Waals surface area contributed by atoms with E-state index in [0.29, 0.717) is 24.7 Å². The molecule has 2 heterocycles. The zero-order valence-corrected chi connectivity index (χ0v) is 16.7. The van der Waals surface area contributed by atoms with Gasteiger partial charge in [-0.1, -0.05) is 57.2 Å². The van der Waals surface area contributed by atoms with Crippen LogP contribution >= 0.6 is 11.3 Å². The molecule has 0 radical (unpaired) electrons. The van der Waals surface area contributed by atoms with Gasteiger partial charge in [0.1, 0.15) is 5.01 Å². The molecule has 0 aliphatic heterocycles. The van der Waals surface area contributed by atoms with Gasteiger partial charge in [-0.3, -0.25) is 4.79 Å². The Kier molecular flexibility index (Phi) is 5.36. The zero-order valence-electron chi connectivity index (χ0n) is 15.9. The lowest BCUT2D eigenvalue weighted by molar-refractivity contribution is -0.116. The third-order valence-corrected chi connectivity index (χ3v) is 5.35. The quantitative estimate of drug-likeness (QED) is 0.701. The first-order valence-electron chi connectivity index (χ1n) is 8.97. The fourth-order valence-corrected chi connectivity index (χ4v) is 3.85. The summed E-state index contributed by atoms with van der Waals surface area (Å²) in [5.41, 5.74) is 3.33. The predicted molar refractivity (Wildman–Crippen MR) is 105 cm³/mol. The lowest BCUT2D eigenvalue weighted by Crippen LogP contribution is -2.16. The predicted octanol–water partition coefficient (Wildman–Crippen LogP) is 4.31. The van der Waals surface area contributed by atoms with E-state index >= 15 is 0 Å². The molecule has 0 bridgehead atoms. The van der Waals surface area contributed by atoms with E-state index in [1.165, 1.54) is 22.5 Å². The van der Waals surface area contributed by atoms with Crippen LogP contribution in [0.5, 0.6) is 0 Å². The Labute approximate surface area is 157 Å². The summed E-state index contributed by atoms with van der Waals surface area (Å²) in [7, 11) is 0. The number of anilines is 1. The van der Waals surface area contributed by atoms with E-state index in [0.717, 1.165) is 21.5 Å². The zero-order chi connectivity index (χ0) is 18.8. The minimum absolute atomic E-state index is 0.0164. The molecule has 0 saturated heterocycles. The van der Waals surface area contributed by atoms with Crippen LogP contribution in [-0.4, -0.2) is 25.7 Å². The Bertz CT molecular complexity index is 899. The average Bonchev–Trinajstić information content (AvgIpc) is 3.14. The van der Waals surface area contributed by atoms with Crippen molar-refractivity contribution in [3.63, 3.8) is 0 Å². The van der Waals surface area contributed by atoms with E-state index in [9.17, 15) is 4.79 Å². The molecule has 3 aromatic rings. The van der Waals surface area contributed by atoms with Crippen molar-refractivity contribution >= 4 is 27.9 Å². The molecule has 0 unspecified atom stereocenters. The summed E-state index contributed by atoms with van der Waals surface area (Å²) in [6.45, 7) is 10.5. The molecule has 6 nitrogen and oxygen atoms in total. The number of hydrogen-bond acceptors (Lipinski definition) is 5. The lowest BCUT2D eigenvalue weighted by atomic mass is 9.92. The molecule has 3 rings (SSSR count). The van der Waals surface area contributed by atoms with E-state index in [1.54, 1.807) is 4.52 Å². The first-order valence-corrected chi connectivity index (χ1v) is 9.78. The van der Waals surface area contributed by atoms with Gasteiger partial charge in [0.25, 0.3) is 0 Å². The Hall–Kier alpha value is -2.28. The van der Waals surface area contributed by atoms with E-state index < -0.39 is 0 Å². The van der Waals surface area contributed by atoms with Crippen LogP contribution in [0.25, 0.3) is 4.96 Å². The normalized spacial score (nSPS) is 11.7. The van der Waals surface area contributed by atoms with Crippen LogP contribution in [0.15, 0.2) is 18.2 Å². The molecular formula is C19H25N5OS. The van der Waals surface area contributed by atoms with Gasteiger partial charge in [-0.25, -0.2) is 0 Å². The van der Waals surface area contributed by atoms with Crippen LogP contribution in [0.3, 0.4) is 0 Å². The van der Waals surface area contributed by atoms with Crippen LogP contribution < -0.4 is 5.32 Å². The van der Waals surface area contributed by atoms with Crippen molar-refractivity contribution in [2.75, 3.05) is 5.32 Å². The molecule has 0 saturated carbocycles. The van der Waals surface area contributed by atoms with Crippen molar-refractivity contribution in [3.05, 3.63) is 40.2 Å². The molecule has 2 aromatic heterocycles. The van der Waals surface area contributed by atoms with Crippen molar-refractivity contribution < 1.29 is 4.79 Å². The molecular weight excluding hydrogens is 346 g/mol. The van der Waals surface area contributed by atoms with Crippen molar-refractivity contribution in [2.24, 2.45) is 0 Å². The number of hydrogen-bond donors (Lipinski definition) is 1. The van der Waals surface area contributed by atoms with Crippen LogP contribution in [0.4, 0.5) is 5.69 Å². The second kappa shape index (κ2) is 7.53. The monoisotopic (exact) mass is 371 g/mol. The number of fused-ring (bicyclic) bond motifs is 1. The number of carbonyl (C=O) groups excluding carboxylic acids is 1. The maximum absolute atomic E-state index is 12.6. The number of carbonyl (C=O) groups is 1. The van der Waals surface area contributed by atoms with E-state index in [-0.39, 0.29) is 5.91 Å². The Balaban J connectivity index is 1.73. The summed E-state index contributed by atoms with van der Waals surface area (Å²) in [5.74, 6) is 1.49. The second-order valence-electron chi connectivity index (χ2n) is 7.11. The van der Waals surface area contributed by atoms with Gasteiger partial charge in [-0.15, -0.1) is 10.2 Å². The number of para-hydroxylation sites is 1. The number of aromatic nitrogens is 4. The van der Waals surface area contributed by atoms with Crippen LogP contribution in [0.1, 0.15) is 67.9 Å². The molecule has 0 fully saturated rings. The molecule has 138 valence electrons. The number of aryl methyl sites for hydroxylation is 2. The van der Waals surface area contributed by atoms with Crippen molar-refractivity contribution in [1.82, 2.24) is 19.8 Å². The minimum Gasteiger partial charge on any atom is -0.326 e. The second-order valence-corrected chi connectivity index (χ2v) is 8.15. The highest BCUT2D eigenvalue weighted by Crippen LogP contribution is 2.32. The smallest absolute Gasteiger partial charge is 0.234 e. The summed E-state index contributed by atoms with van der Waals surface area (Å²) in [6.07, 6.45) is 0.993. The molecule has 0 aliphatic carbocycles. The summed E-state index contributed by atoms with van der Waals surface area (Å²) in [4.78, 5) is 13.4. The van der Waals surface area contributed by atoms with Gasteiger partial charge in [-0.2, -0.15) is 9.61 Å². The highest BCUT2D eigenvalue weighted by molar-refractivity contribution is 7.16. The highest BCUT2D eigenvalue weighted by Gasteiger charge is 2.16. The van der Waals surface area contributed by atoms with Crippen LogP contribution in [0.2, 0.25) is 0 Å². The number of amides is 1. The molecule has 7 heteroatoms. The minimum atomic E-state index is 0.0164. The largest absolute Gasteiger partial charge is 0.326 e. The van der Waals surface area contributed by atoms with Crippen LogP contribution in [0, 0.1) is 6.92 Å². The topological polar surface area (TPSA) is 72.2 Å². The third-order valence-electron chi connectivity index (χ3n) is 4.39. The average molecular weight is 372 g/mol. The van der Waals surface area contributed by atoms with Gasteiger partial charge in [0.15, 0.2) is 5.82 Å². The maximum Gasteiger partial charge on any atom is 0.234 e. The fraction of sp³-hybridized carbons (Fsp3) is 0.474. The first kappa shape index (κ1) is 18.5. The van der Waals surface area contributed by atoms with E-state index in [1.807, 2.05) is 6.92 Å². The molecule has 0 aliphatic rings. The summed E-state index contributed by atoms with van der Waals surface area (Å²) in [6, 6.07) is 6.26. The van der Waals surface area contributed by atoms with Crippen LogP contribution in [-0.2, 0) is 11.2 Å². The van der Waals surface area contributed by atoms with Gasteiger partial charge < -0.3 is 5.32 Å². The highest BCUT2D eigenvalue weighted by atomic mass is 32.1. The van der Waals surface area contributed by atoms with Crippen molar-refractivity contribution in [3.8, 4) is 0 Å². The molecule has 0 spiro atoms. The maximum atomic E-state index is 12.6. The van der Waals surface area contributed by atoms with E-state index in [2.05, 4.69) is 66.5 Å². The lowest BCUT2D eigenvalue weighted by Gasteiger charge is -2.20. The summed E-state index contributed by atoms with van der Waals surface area (Å²) < 4.78 is 1.73. The Morgan fingerprint density at radius 3 is 2.38 bits per heavy atom. The van der Waals surface area contributed by atoms with Gasteiger partial charge in [0, 0.05) is 18.5 Å². The Morgan fingerprint density at radius 1 is 1.15 bits per heavy atom.